The predicted molar refractivity (Wildman–Crippen MR) is 57.2 cm³/mol. The van der Waals surface area contributed by atoms with Gasteiger partial charge in [0.05, 0.1) is 6.04 Å². The number of carbonyl (C=O) groups is 2. The van der Waals surface area contributed by atoms with Gasteiger partial charge in [-0.15, -0.1) is 0 Å². The Kier molecular flexibility index (Phi) is 2.81. The van der Waals surface area contributed by atoms with E-state index in [4.69, 9.17) is 0 Å². The molecule has 1 N–H and O–H groups in total. The summed E-state index contributed by atoms with van der Waals surface area (Å²) in [5.41, 5.74) is 0. The van der Waals surface area contributed by atoms with Gasteiger partial charge < -0.3 is 5.32 Å². The van der Waals surface area contributed by atoms with E-state index in [0.29, 0.717) is 0 Å². The summed E-state index contributed by atoms with van der Waals surface area (Å²) in [5.74, 6) is 2.00. The molecule has 4 atom stereocenters. The Hall–Kier alpha value is -0.860. The maximum Gasteiger partial charge on any atom is 0.223 e. The van der Waals surface area contributed by atoms with Gasteiger partial charge in [-0.1, -0.05) is 0 Å². The quantitative estimate of drug-likeness (QED) is 0.766. The normalized spacial score (nSPS) is 35.2. The zero-order chi connectivity index (χ0) is 11.0. The number of rotatable bonds is 3. The van der Waals surface area contributed by atoms with Crippen LogP contribution in [0.3, 0.4) is 0 Å². The largest absolute Gasteiger partial charge is 0.346 e. The zero-order valence-corrected chi connectivity index (χ0v) is 9.45. The molecule has 15 heavy (non-hydrogen) atoms. The molecule has 0 aromatic carbocycles. The molecular formula is C12H19NO2. The topological polar surface area (TPSA) is 46.2 Å². The fourth-order valence-electron chi connectivity index (χ4n) is 2.52. The maximum absolute atomic E-state index is 11.8. The summed E-state index contributed by atoms with van der Waals surface area (Å²) in [5, 5.41) is 2.80. The lowest BCUT2D eigenvalue weighted by atomic mass is 9.88. The maximum atomic E-state index is 11.8. The van der Waals surface area contributed by atoms with Crippen molar-refractivity contribution in [2.24, 2.45) is 17.8 Å². The van der Waals surface area contributed by atoms with Crippen molar-refractivity contribution >= 4 is 11.7 Å². The number of ketones is 1. The molecule has 2 aliphatic rings. The molecule has 0 heterocycles. The van der Waals surface area contributed by atoms with Crippen molar-refractivity contribution < 1.29 is 9.59 Å². The van der Waals surface area contributed by atoms with Gasteiger partial charge >= 0.3 is 0 Å². The van der Waals surface area contributed by atoms with Gasteiger partial charge in [0.1, 0.15) is 0 Å². The number of fused-ring (bicyclic) bond motifs is 1. The highest BCUT2D eigenvalue weighted by molar-refractivity contribution is 5.88. The molecule has 0 spiro atoms. The second-order valence-electron chi connectivity index (χ2n) is 5.11. The van der Waals surface area contributed by atoms with Gasteiger partial charge in [0, 0.05) is 5.92 Å². The minimum Gasteiger partial charge on any atom is -0.346 e. The third kappa shape index (κ3) is 2.39. The lowest BCUT2D eigenvalue weighted by molar-refractivity contribution is -0.130. The van der Waals surface area contributed by atoms with Crippen LogP contribution in [0.1, 0.15) is 39.5 Å². The highest BCUT2D eigenvalue weighted by Crippen LogP contribution is 2.51. The first-order valence-electron chi connectivity index (χ1n) is 5.88. The minimum absolute atomic E-state index is 0.0310. The van der Waals surface area contributed by atoms with Gasteiger partial charge in [-0.25, -0.2) is 0 Å². The van der Waals surface area contributed by atoms with E-state index in [2.05, 4.69) is 5.32 Å². The summed E-state index contributed by atoms with van der Waals surface area (Å²) in [6.45, 7) is 3.27. The van der Waals surface area contributed by atoms with E-state index >= 15 is 0 Å². The molecule has 0 saturated heterocycles. The first-order valence-corrected chi connectivity index (χ1v) is 5.88. The van der Waals surface area contributed by atoms with Crippen molar-refractivity contribution in [3.63, 3.8) is 0 Å². The average Bonchev–Trinajstić information content (AvgIpc) is 2.94. The van der Waals surface area contributed by atoms with Crippen LogP contribution in [0.15, 0.2) is 0 Å². The molecule has 3 heteroatoms. The molecule has 2 rings (SSSR count). The summed E-state index contributed by atoms with van der Waals surface area (Å²) in [4.78, 5) is 22.8. The van der Waals surface area contributed by atoms with Crippen LogP contribution in [0, 0.1) is 17.8 Å². The highest BCUT2D eigenvalue weighted by atomic mass is 16.2. The van der Waals surface area contributed by atoms with Gasteiger partial charge in [0.2, 0.25) is 5.91 Å². The van der Waals surface area contributed by atoms with E-state index in [9.17, 15) is 9.59 Å². The van der Waals surface area contributed by atoms with Gasteiger partial charge in [-0.3, -0.25) is 9.59 Å². The van der Waals surface area contributed by atoms with E-state index in [1.807, 2.05) is 0 Å². The minimum atomic E-state index is -0.325. The van der Waals surface area contributed by atoms with Gasteiger partial charge in [-0.05, 0) is 51.4 Å². The Labute approximate surface area is 90.6 Å². The van der Waals surface area contributed by atoms with Crippen molar-refractivity contribution in [2.75, 3.05) is 0 Å². The number of amides is 1. The predicted octanol–water partition coefficient (Wildman–Crippen LogP) is 1.52. The SMILES string of the molecule is CC(=O)C(C)NC(=O)C1CCC2CC2C1. The number of hydrogen-bond acceptors (Lipinski definition) is 2. The van der Waals surface area contributed by atoms with Crippen molar-refractivity contribution in [3.05, 3.63) is 0 Å². The van der Waals surface area contributed by atoms with Gasteiger partial charge in [-0.2, -0.15) is 0 Å². The first-order chi connectivity index (χ1) is 7.08. The fraction of sp³-hybridized carbons (Fsp3) is 0.833. The second-order valence-corrected chi connectivity index (χ2v) is 5.11. The summed E-state index contributed by atoms with van der Waals surface area (Å²) >= 11 is 0. The molecule has 84 valence electrons. The highest BCUT2D eigenvalue weighted by Gasteiger charge is 2.43. The summed E-state index contributed by atoms with van der Waals surface area (Å²) in [6.07, 6.45) is 4.59. The van der Waals surface area contributed by atoms with Crippen molar-refractivity contribution in [3.8, 4) is 0 Å². The number of Topliss-reactive ketones (excluding diaryl/α,β-unsaturated/α-hetero) is 1. The lowest BCUT2D eigenvalue weighted by Crippen LogP contribution is -2.41. The van der Waals surface area contributed by atoms with Crippen molar-refractivity contribution in [2.45, 2.75) is 45.6 Å². The van der Waals surface area contributed by atoms with E-state index in [1.165, 1.54) is 19.8 Å². The molecule has 0 aromatic heterocycles. The molecule has 4 unspecified atom stereocenters. The van der Waals surface area contributed by atoms with Crippen LogP contribution in [0.4, 0.5) is 0 Å². The molecule has 2 fully saturated rings. The molecule has 0 radical (unpaired) electrons. The number of hydrogen-bond donors (Lipinski definition) is 1. The number of carbonyl (C=O) groups excluding carboxylic acids is 2. The van der Waals surface area contributed by atoms with Crippen LogP contribution in [-0.2, 0) is 9.59 Å². The lowest BCUT2D eigenvalue weighted by Gasteiger charge is -2.22. The second kappa shape index (κ2) is 3.95. The monoisotopic (exact) mass is 209 g/mol. The molecule has 2 saturated carbocycles. The van der Waals surface area contributed by atoms with Crippen LogP contribution in [-0.4, -0.2) is 17.7 Å². The van der Waals surface area contributed by atoms with Crippen molar-refractivity contribution in [1.29, 1.82) is 0 Å². The van der Waals surface area contributed by atoms with E-state index in [-0.39, 0.29) is 23.7 Å². The van der Waals surface area contributed by atoms with Gasteiger partial charge in [0.15, 0.2) is 5.78 Å². The molecule has 1 amide bonds. The Morgan fingerprint density at radius 2 is 1.93 bits per heavy atom. The molecule has 2 aliphatic carbocycles. The summed E-state index contributed by atoms with van der Waals surface area (Å²) < 4.78 is 0. The third-order valence-electron chi connectivity index (χ3n) is 3.88. The number of nitrogens with one attached hydrogen (secondary N) is 1. The summed E-state index contributed by atoms with van der Waals surface area (Å²) in [7, 11) is 0. The van der Waals surface area contributed by atoms with E-state index < -0.39 is 0 Å². The smallest absolute Gasteiger partial charge is 0.223 e. The van der Waals surface area contributed by atoms with Crippen LogP contribution in [0.25, 0.3) is 0 Å². The van der Waals surface area contributed by atoms with E-state index in [0.717, 1.165) is 24.7 Å². The van der Waals surface area contributed by atoms with Crippen LogP contribution in [0.2, 0.25) is 0 Å². The molecule has 0 aromatic rings. The standard InChI is InChI=1S/C12H19NO2/c1-7(8(2)14)13-12(15)10-4-3-9-5-11(9)6-10/h7,9-11H,3-6H2,1-2H3,(H,13,15). The zero-order valence-electron chi connectivity index (χ0n) is 9.45. The fourth-order valence-corrected chi connectivity index (χ4v) is 2.52. The average molecular weight is 209 g/mol. The van der Waals surface area contributed by atoms with Gasteiger partial charge in [0.25, 0.3) is 0 Å². The van der Waals surface area contributed by atoms with Crippen LogP contribution in [0.5, 0.6) is 0 Å². The van der Waals surface area contributed by atoms with Crippen molar-refractivity contribution in [1.82, 2.24) is 5.32 Å². The Bertz CT molecular complexity index is 287. The third-order valence-corrected chi connectivity index (χ3v) is 3.88. The summed E-state index contributed by atoms with van der Waals surface area (Å²) in [6, 6.07) is -0.325. The molecule has 0 bridgehead atoms. The first kappa shape index (κ1) is 10.7. The van der Waals surface area contributed by atoms with E-state index in [1.54, 1.807) is 6.92 Å². The Balaban J connectivity index is 1.82. The Morgan fingerprint density at radius 3 is 2.53 bits per heavy atom. The van der Waals surface area contributed by atoms with Crippen LogP contribution >= 0.6 is 0 Å². The molecule has 3 nitrogen and oxygen atoms in total. The molecule has 0 aliphatic heterocycles. The molecular weight excluding hydrogens is 190 g/mol. The van der Waals surface area contributed by atoms with Crippen LogP contribution < -0.4 is 5.32 Å². The Morgan fingerprint density at radius 1 is 1.20 bits per heavy atom.